The lowest BCUT2D eigenvalue weighted by Gasteiger charge is -2.30. The van der Waals surface area contributed by atoms with Crippen molar-refractivity contribution in [1.82, 2.24) is 0 Å². The Bertz CT molecular complexity index is 1050. The Kier molecular flexibility index (Phi) is 3.61. The second-order valence-electron chi connectivity index (χ2n) is 7.57. The average Bonchev–Trinajstić information content (AvgIpc) is 3.16. The molecule has 1 unspecified atom stereocenters. The average molecular weight is 377 g/mol. The highest BCUT2D eigenvalue weighted by molar-refractivity contribution is 6.23. The van der Waals surface area contributed by atoms with Crippen LogP contribution < -0.4 is 9.80 Å². The molecule has 0 bridgehead atoms. The summed E-state index contributed by atoms with van der Waals surface area (Å²) in [7, 11) is 0. The molecule has 2 saturated heterocycles. The molecule has 5 atom stereocenters. The van der Waals surface area contributed by atoms with Crippen LogP contribution in [0.2, 0.25) is 0 Å². The van der Waals surface area contributed by atoms with Gasteiger partial charge in [-0.3, -0.25) is 19.3 Å². The van der Waals surface area contributed by atoms with Gasteiger partial charge in [0.15, 0.2) is 11.8 Å². The van der Waals surface area contributed by atoms with Crippen LogP contribution in [-0.2, 0) is 14.4 Å². The van der Waals surface area contributed by atoms with Crippen LogP contribution in [0.4, 0.5) is 10.1 Å². The van der Waals surface area contributed by atoms with E-state index < -0.39 is 23.7 Å². The van der Waals surface area contributed by atoms with E-state index in [1.807, 2.05) is 36.5 Å². The van der Waals surface area contributed by atoms with E-state index in [0.717, 1.165) is 20.9 Å². The highest BCUT2D eigenvalue weighted by Gasteiger charge is 2.67. The topological polar surface area (TPSA) is 58.9 Å². The molecule has 2 amide bonds. The maximum Gasteiger partial charge on any atom is 0.244 e. The van der Waals surface area contributed by atoms with E-state index in [2.05, 4.69) is 0 Å². The Labute approximate surface area is 161 Å². The molecule has 1 N–H and O–H groups in total. The van der Waals surface area contributed by atoms with Crippen molar-refractivity contribution in [2.75, 3.05) is 4.90 Å². The van der Waals surface area contributed by atoms with Gasteiger partial charge in [-0.2, -0.15) is 0 Å². The zero-order valence-corrected chi connectivity index (χ0v) is 15.1. The van der Waals surface area contributed by atoms with Crippen LogP contribution in [0.1, 0.15) is 24.1 Å². The lowest BCUT2D eigenvalue weighted by Crippen LogP contribution is -3.12. The summed E-state index contributed by atoms with van der Waals surface area (Å²) in [5.74, 6) is -2.59. The highest BCUT2D eigenvalue weighted by atomic mass is 19.1. The Morgan fingerprint density at radius 2 is 1.68 bits per heavy atom. The number of nitrogens with zero attached hydrogens (tertiary/aromatic N) is 1. The maximum atomic E-state index is 13.4. The fraction of sp³-hybridized carbons (Fsp3) is 0.227. The minimum absolute atomic E-state index is 0.112. The van der Waals surface area contributed by atoms with Crippen molar-refractivity contribution < 1.29 is 23.7 Å². The van der Waals surface area contributed by atoms with Crippen LogP contribution in [0.3, 0.4) is 0 Å². The second kappa shape index (κ2) is 5.94. The van der Waals surface area contributed by atoms with Crippen LogP contribution in [0.5, 0.6) is 0 Å². The molecule has 140 valence electrons. The van der Waals surface area contributed by atoms with E-state index >= 15 is 0 Å². The molecular formula is C22H18FN2O3+. The molecule has 6 heteroatoms. The van der Waals surface area contributed by atoms with Gasteiger partial charge in [0.05, 0.1) is 11.9 Å². The molecular weight excluding hydrogens is 359 g/mol. The van der Waals surface area contributed by atoms with Crippen molar-refractivity contribution in [2.24, 2.45) is 11.8 Å². The summed E-state index contributed by atoms with van der Waals surface area (Å²) in [6.45, 7) is 1.48. The van der Waals surface area contributed by atoms with Crippen molar-refractivity contribution in [1.29, 1.82) is 0 Å². The van der Waals surface area contributed by atoms with E-state index in [1.165, 1.54) is 31.2 Å². The largest absolute Gasteiger partial charge is 0.293 e. The first-order chi connectivity index (χ1) is 13.5. The first kappa shape index (κ1) is 17.0. The highest BCUT2D eigenvalue weighted by Crippen LogP contribution is 2.44. The van der Waals surface area contributed by atoms with E-state index in [0.29, 0.717) is 5.69 Å². The van der Waals surface area contributed by atoms with Gasteiger partial charge in [-0.25, -0.2) is 9.29 Å². The third-order valence-corrected chi connectivity index (χ3v) is 6.14. The van der Waals surface area contributed by atoms with Gasteiger partial charge < -0.3 is 0 Å². The van der Waals surface area contributed by atoms with Crippen molar-refractivity contribution in [2.45, 2.75) is 19.0 Å². The molecule has 2 aromatic carbocycles. The number of amides is 2. The minimum Gasteiger partial charge on any atom is -0.293 e. The van der Waals surface area contributed by atoms with Gasteiger partial charge in [0.25, 0.3) is 0 Å². The quantitative estimate of drug-likeness (QED) is 0.808. The second-order valence-corrected chi connectivity index (χ2v) is 7.57. The predicted molar refractivity (Wildman–Crippen MR) is 99.5 cm³/mol. The Morgan fingerprint density at radius 3 is 2.39 bits per heavy atom. The molecule has 2 aromatic rings. The van der Waals surface area contributed by atoms with E-state index in [4.69, 9.17) is 0 Å². The van der Waals surface area contributed by atoms with E-state index in [-0.39, 0.29) is 23.6 Å². The predicted octanol–water partition coefficient (Wildman–Crippen LogP) is 1.51. The number of ketones is 1. The number of rotatable bonds is 2. The Morgan fingerprint density at radius 1 is 1.00 bits per heavy atom. The molecule has 3 heterocycles. The monoisotopic (exact) mass is 377 g/mol. The van der Waals surface area contributed by atoms with Gasteiger partial charge in [0.1, 0.15) is 23.7 Å². The van der Waals surface area contributed by atoms with Crippen LogP contribution in [-0.4, -0.2) is 23.6 Å². The number of Topliss-reactive ketones (excluding diaryl/α,β-unsaturated/α-hetero) is 1. The van der Waals surface area contributed by atoms with Gasteiger partial charge >= 0.3 is 0 Å². The van der Waals surface area contributed by atoms with Crippen LogP contribution in [0.25, 0.3) is 6.08 Å². The lowest BCUT2D eigenvalue weighted by atomic mass is 9.84. The number of carbonyl (C=O) groups is 3. The van der Waals surface area contributed by atoms with Gasteiger partial charge in [-0.05, 0) is 35.9 Å². The van der Waals surface area contributed by atoms with Crippen molar-refractivity contribution in [3.63, 3.8) is 0 Å². The molecule has 2 fully saturated rings. The number of nitrogens with one attached hydrogen (secondary N) is 1. The number of imide groups is 1. The smallest absolute Gasteiger partial charge is 0.244 e. The summed E-state index contributed by atoms with van der Waals surface area (Å²) < 4.78 is 13.3. The summed E-state index contributed by atoms with van der Waals surface area (Å²) in [5.41, 5.74) is 2.31. The molecule has 3 aliphatic rings. The Balaban J connectivity index is 1.65. The molecule has 0 spiro atoms. The molecule has 0 saturated carbocycles. The van der Waals surface area contributed by atoms with Crippen LogP contribution in [0, 0.1) is 17.7 Å². The van der Waals surface area contributed by atoms with Gasteiger partial charge in [0, 0.05) is 12.5 Å². The lowest BCUT2D eigenvalue weighted by molar-refractivity contribution is -0.884. The summed E-state index contributed by atoms with van der Waals surface area (Å²) in [4.78, 5) is 41.1. The summed E-state index contributed by atoms with van der Waals surface area (Å²) in [6.07, 6.45) is 3.85. The zero-order valence-electron chi connectivity index (χ0n) is 15.1. The molecule has 0 radical (unpaired) electrons. The number of carbonyl (C=O) groups excluding carboxylic acids is 3. The van der Waals surface area contributed by atoms with E-state index in [9.17, 15) is 18.8 Å². The standard InChI is InChI=1S/C22H17FN2O3/c1-12(26)19-17-18(20-16-5-3-2-4-13(16)10-11-24(19)20)22(28)25(21(17)27)15-8-6-14(23)7-9-15/h2-11,17-20H,1H3/p+1/t17-,18+,19-,20-/m1/s1. The summed E-state index contributed by atoms with van der Waals surface area (Å²) in [5, 5.41) is 0. The molecule has 28 heavy (non-hydrogen) atoms. The molecule has 0 aromatic heterocycles. The van der Waals surface area contributed by atoms with E-state index in [1.54, 1.807) is 0 Å². The number of benzene rings is 2. The molecule has 3 aliphatic heterocycles. The number of halogens is 1. The first-order valence-corrected chi connectivity index (χ1v) is 9.26. The van der Waals surface area contributed by atoms with Crippen molar-refractivity contribution in [3.05, 3.63) is 71.7 Å². The van der Waals surface area contributed by atoms with Gasteiger partial charge in [-0.1, -0.05) is 24.3 Å². The fourth-order valence-electron chi connectivity index (χ4n) is 5.07. The maximum absolute atomic E-state index is 13.4. The number of quaternary nitrogens is 1. The SMILES string of the molecule is CC(=O)[C@@H]1[C@@H]2C(=O)N(c3ccc(F)cc3)C(=O)[C@@H]2[C@H]2c3ccccc3C=C[NH+]12. The first-order valence-electron chi connectivity index (χ1n) is 9.26. The van der Waals surface area contributed by atoms with Gasteiger partial charge in [-0.15, -0.1) is 0 Å². The number of hydrogen-bond acceptors (Lipinski definition) is 3. The molecule has 5 rings (SSSR count). The number of hydrogen-bond donors (Lipinski definition) is 1. The van der Waals surface area contributed by atoms with Crippen molar-refractivity contribution >= 4 is 29.4 Å². The molecule has 5 nitrogen and oxygen atoms in total. The number of fused-ring (bicyclic) bond motifs is 5. The summed E-state index contributed by atoms with van der Waals surface area (Å²) >= 11 is 0. The normalized spacial score (nSPS) is 30.2. The Hall–Kier alpha value is -3.12. The van der Waals surface area contributed by atoms with Gasteiger partial charge in [0.2, 0.25) is 11.8 Å². The number of anilines is 1. The van der Waals surface area contributed by atoms with Crippen LogP contribution >= 0.6 is 0 Å². The summed E-state index contributed by atoms with van der Waals surface area (Å²) in [6, 6.07) is 12.2. The van der Waals surface area contributed by atoms with Crippen molar-refractivity contribution in [3.8, 4) is 0 Å². The fourth-order valence-corrected chi connectivity index (χ4v) is 5.07. The van der Waals surface area contributed by atoms with Crippen LogP contribution in [0.15, 0.2) is 54.7 Å². The molecule has 0 aliphatic carbocycles. The minimum atomic E-state index is -0.717. The zero-order chi connectivity index (χ0) is 19.6. The third kappa shape index (κ3) is 2.18. The third-order valence-electron chi connectivity index (χ3n) is 6.14.